The minimum absolute atomic E-state index is 0.0962. The third kappa shape index (κ3) is 3.79. The first kappa shape index (κ1) is 13.6. The molecule has 0 aliphatic carbocycles. The Kier molecular flexibility index (Phi) is 4.19. The van der Waals surface area contributed by atoms with E-state index in [1.807, 2.05) is 13.8 Å². The Bertz CT molecular complexity index is 428. The van der Waals surface area contributed by atoms with E-state index in [-0.39, 0.29) is 10.7 Å². The van der Waals surface area contributed by atoms with Gasteiger partial charge in [-0.1, -0.05) is 0 Å². The second-order valence-electron chi connectivity index (χ2n) is 3.99. The molecule has 1 aromatic heterocycles. The minimum atomic E-state index is -1.13. The molecule has 0 aliphatic rings. The van der Waals surface area contributed by atoms with Gasteiger partial charge in [-0.15, -0.1) is 11.3 Å². The van der Waals surface area contributed by atoms with Gasteiger partial charge in [-0.2, -0.15) is 0 Å². The van der Waals surface area contributed by atoms with Crippen LogP contribution in [0.3, 0.4) is 0 Å². The number of nitrogens with zero attached hydrogens (tertiary/aromatic N) is 1. The molecule has 0 unspecified atom stereocenters. The molecular formula is C10H14N2O4S. The first-order chi connectivity index (χ1) is 7.85. The third-order valence-electron chi connectivity index (χ3n) is 2.15. The van der Waals surface area contributed by atoms with Crippen molar-refractivity contribution in [3.63, 3.8) is 0 Å². The summed E-state index contributed by atoms with van der Waals surface area (Å²) >= 11 is 0.922. The van der Waals surface area contributed by atoms with E-state index >= 15 is 0 Å². The molecule has 7 heteroatoms. The lowest BCUT2D eigenvalue weighted by Crippen LogP contribution is -2.39. The Morgan fingerprint density at radius 2 is 2.24 bits per heavy atom. The minimum Gasteiger partial charge on any atom is -0.476 e. The normalized spacial score (nSPS) is 11.2. The van der Waals surface area contributed by atoms with E-state index < -0.39 is 17.5 Å². The fourth-order valence-corrected chi connectivity index (χ4v) is 1.57. The zero-order valence-electron chi connectivity index (χ0n) is 9.81. The largest absolute Gasteiger partial charge is 0.476 e. The number of carboxylic acid groups (broad SMARTS) is 1. The second-order valence-corrected chi connectivity index (χ2v) is 4.85. The van der Waals surface area contributed by atoms with Crippen molar-refractivity contribution in [1.29, 1.82) is 0 Å². The van der Waals surface area contributed by atoms with Crippen molar-refractivity contribution in [1.82, 2.24) is 10.3 Å². The van der Waals surface area contributed by atoms with Crippen molar-refractivity contribution >= 4 is 23.2 Å². The molecule has 0 atom stereocenters. The summed E-state index contributed by atoms with van der Waals surface area (Å²) in [5.74, 6) is -1.54. The van der Waals surface area contributed by atoms with Crippen LogP contribution in [0.2, 0.25) is 0 Å². The van der Waals surface area contributed by atoms with Crippen LogP contribution in [0.25, 0.3) is 0 Å². The first-order valence-electron chi connectivity index (χ1n) is 4.88. The maximum Gasteiger partial charge on any atom is 0.365 e. The van der Waals surface area contributed by atoms with E-state index in [2.05, 4.69) is 10.3 Å². The van der Waals surface area contributed by atoms with Gasteiger partial charge >= 0.3 is 5.97 Å². The molecule has 1 rings (SSSR count). The number of methoxy groups -OCH3 is 1. The molecule has 1 amide bonds. The molecular weight excluding hydrogens is 244 g/mol. The first-order valence-corrected chi connectivity index (χ1v) is 5.76. The molecule has 0 aromatic carbocycles. The molecule has 0 spiro atoms. The fraction of sp³-hybridized carbons (Fsp3) is 0.500. The van der Waals surface area contributed by atoms with E-state index in [1.165, 1.54) is 5.38 Å². The Labute approximate surface area is 103 Å². The van der Waals surface area contributed by atoms with Crippen molar-refractivity contribution < 1.29 is 19.4 Å². The van der Waals surface area contributed by atoms with Crippen molar-refractivity contribution in [3.8, 4) is 0 Å². The number of carboxylic acids is 1. The number of aromatic carboxylic acids is 1. The van der Waals surface area contributed by atoms with Gasteiger partial charge in [0.25, 0.3) is 5.91 Å². The van der Waals surface area contributed by atoms with Gasteiger partial charge in [-0.3, -0.25) is 4.79 Å². The molecule has 94 valence electrons. The van der Waals surface area contributed by atoms with Crippen LogP contribution in [0.4, 0.5) is 0 Å². The summed E-state index contributed by atoms with van der Waals surface area (Å²) in [6, 6.07) is 0. The quantitative estimate of drug-likeness (QED) is 0.822. The molecule has 2 N–H and O–H groups in total. The van der Waals surface area contributed by atoms with Gasteiger partial charge in [-0.05, 0) is 13.8 Å². The Balaban J connectivity index is 2.61. The summed E-state index contributed by atoms with van der Waals surface area (Å²) in [6.07, 6.45) is 0. The third-order valence-corrected chi connectivity index (χ3v) is 2.98. The van der Waals surface area contributed by atoms with E-state index in [1.54, 1.807) is 7.11 Å². The van der Waals surface area contributed by atoms with Gasteiger partial charge in [0.05, 0.1) is 5.60 Å². The van der Waals surface area contributed by atoms with Crippen LogP contribution >= 0.6 is 11.3 Å². The summed E-state index contributed by atoms with van der Waals surface area (Å²) in [5, 5.41) is 12.6. The van der Waals surface area contributed by atoms with Crippen molar-refractivity contribution in [3.05, 3.63) is 16.1 Å². The van der Waals surface area contributed by atoms with Crippen LogP contribution in [-0.4, -0.2) is 41.2 Å². The van der Waals surface area contributed by atoms with E-state index in [9.17, 15) is 9.59 Å². The number of nitrogens with one attached hydrogen (secondary N) is 1. The van der Waals surface area contributed by atoms with Gasteiger partial charge in [0.15, 0.2) is 0 Å². The van der Waals surface area contributed by atoms with Crippen molar-refractivity contribution in [2.75, 3.05) is 13.7 Å². The molecule has 0 saturated heterocycles. The number of rotatable bonds is 5. The van der Waals surface area contributed by atoms with E-state index in [0.29, 0.717) is 6.54 Å². The van der Waals surface area contributed by atoms with Gasteiger partial charge in [0.2, 0.25) is 5.01 Å². The van der Waals surface area contributed by atoms with Crippen molar-refractivity contribution in [2.45, 2.75) is 19.4 Å². The SMILES string of the molecule is COC(C)(C)CNC(=O)c1csc(C(=O)O)n1. The molecule has 0 aliphatic heterocycles. The number of hydrogen-bond donors (Lipinski definition) is 2. The average molecular weight is 258 g/mol. The lowest BCUT2D eigenvalue weighted by molar-refractivity contribution is 0.0228. The number of carbonyl (C=O) groups excluding carboxylic acids is 1. The van der Waals surface area contributed by atoms with Gasteiger partial charge in [0.1, 0.15) is 5.69 Å². The molecule has 0 fully saturated rings. The van der Waals surface area contributed by atoms with Gasteiger partial charge < -0.3 is 15.2 Å². The number of hydrogen-bond acceptors (Lipinski definition) is 5. The zero-order valence-corrected chi connectivity index (χ0v) is 10.6. The predicted molar refractivity (Wildman–Crippen MR) is 62.5 cm³/mol. The van der Waals surface area contributed by atoms with Gasteiger partial charge in [0, 0.05) is 19.0 Å². The van der Waals surface area contributed by atoms with Crippen LogP contribution in [0.15, 0.2) is 5.38 Å². The Morgan fingerprint density at radius 1 is 1.59 bits per heavy atom. The lowest BCUT2D eigenvalue weighted by Gasteiger charge is -2.22. The number of amides is 1. The topological polar surface area (TPSA) is 88.5 Å². The Morgan fingerprint density at radius 3 is 2.71 bits per heavy atom. The summed E-state index contributed by atoms with van der Waals surface area (Å²) in [7, 11) is 1.55. The van der Waals surface area contributed by atoms with Crippen LogP contribution < -0.4 is 5.32 Å². The maximum atomic E-state index is 11.6. The lowest BCUT2D eigenvalue weighted by atomic mass is 10.1. The van der Waals surface area contributed by atoms with Crippen LogP contribution in [0.1, 0.15) is 34.1 Å². The molecule has 17 heavy (non-hydrogen) atoms. The Hall–Kier alpha value is -1.47. The van der Waals surface area contributed by atoms with Crippen LogP contribution in [-0.2, 0) is 4.74 Å². The zero-order chi connectivity index (χ0) is 13.1. The van der Waals surface area contributed by atoms with E-state index in [4.69, 9.17) is 9.84 Å². The van der Waals surface area contributed by atoms with Crippen LogP contribution in [0, 0.1) is 0 Å². The molecule has 6 nitrogen and oxygen atoms in total. The maximum absolute atomic E-state index is 11.6. The molecule has 0 saturated carbocycles. The summed E-state index contributed by atoms with van der Waals surface area (Å²) < 4.78 is 5.14. The summed E-state index contributed by atoms with van der Waals surface area (Å²) in [4.78, 5) is 25.9. The highest BCUT2D eigenvalue weighted by Crippen LogP contribution is 2.10. The number of aromatic nitrogens is 1. The highest BCUT2D eigenvalue weighted by molar-refractivity contribution is 7.11. The van der Waals surface area contributed by atoms with E-state index in [0.717, 1.165) is 11.3 Å². The summed E-state index contributed by atoms with van der Waals surface area (Å²) in [5.41, 5.74) is -0.360. The second kappa shape index (κ2) is 5.24. The number of ether oxygens (including phenoxy) is 1. The molecule has 1 heterocycles. The molecule has 1 aromatic rings. The predicted octanol–water partition coefficient (Wildman–Crippen LogP) is 0.996. The fourth-order valence-electron chi connectivity index (χ4n) is 0.932. The smallest absolute Gasteiger partial charge is 0.365 e. The molecule has 0 bridgehead atoms. The molecule has 0 radical (unpaired) electrons. The van der Waals surface area contributed by atoms with Crippen molar-refractivity contribution in [2.24, 2.45) is 0 Å². The number of carbonyl (C=O) groups is 2. The number of thiazole rings is 1. The highest BCUT2D eigenvalue weighted by Gasteiger charge is 2.19. The average Bonchev–Trinajstić information content (AvgIpc) is 2.75. The monoisotopic (exact) mass is 258 g/mol. The standard InChI is InChI=1S/C10H14N2O4S/c1-10(2,16-3)5-11-7(13)6-4-17-8(12-6)9(14)15/h4H,5H2,1-3H3,(H,11,13)(H,14,15). The van der Waals surface area contributed by atoms with Gasteiger partial charge in [-0.25, -0.2) is 9.78 Å². The summed E-state index contributed by atoms with van der Waals surface area (Å²) in [6.45, 7) is 3.98. The van der Waals surface area contributed by atoms with Crippen LogP contribution in [0.5, 0.6) is 0 Å². The highest BCUT2D eigenvalue weighted by atomic mass is 32.1.